The number of anilines is 1. The lowest BCUT2D eigenvalue weighted by Gasteiger charge is -2.05. The van der Waals surface area contributed by atoms with Gasteiger partial charge >= 0.3 is 0 Å². The number of para-hydroxylation sites is 2. The molecule has 0 spiro atoms. The number of benzene rings is 3. The van der Waals surface area contributed by atoms with E-state index in [-0.39, 0.29) is 5.91 Å². The maximum atomic E-state index is 12.6. The molecule has 5 rings (SSSR count). The molecule has 4 nitrogen and oxygen atoms in total. The van der Waals surface area contributed by atoms with Crippen LogP contribution in [-0.4, -0.2) is 10.9 Å². The van der Waals surface area contributed by atoms with E-state index in [1.54, 1.807) is 6.07 Å². The maximum Gasteiger partial charge on any atom is 0.274 e. The summed E-state index contributed by atoms with van der Waals surface area (Å²) in [6.45, 7) is 0. The van der Waals surface area contributed by atoms with Crippen LogP contribution in [0.25, 0.3) is 32.8 Å². The van der Waals surface area contributed by atoms with Crippen molar-refractivity contribution in [3.63, 3.8) is 0 Å². The summed E-state index contributed by atoms with van der Waals surface area (Å²) in [6.07, 6.45) is 0. The predicted molar refractivity (Wildman–Crippen MR) is 103 cm³/mol. The van der Waals surface area contributed by atoms with Crippen molar-refractivity contribution in [2.75, 3.05) is 5.32 Å². The van der Waals surface area contributed by atoms with Crippen molar-refractivity contribution in [3.8, 4) is 0 Å². The summed E-state index contributed by atoms with van der Waals surface area (Å²) in [5.41, 5.74) is 3.44. The molecule has 1 amide bonds. The summed E-state index contributed by atoms with van der Waals surface area (Å²) < 4.78 is 5.87. The number of carbonyl (C=O) groups is 1. The van der Waals surface area contributed by atoms with E-state index in [4.69, 9.17) is 4.42 Å². The van der Waals surface area contributed by atoms with Crippen LogP contribution in [0.3, 0.4) is 0 Å². The van der Waals surface area contributed by atoms with E-state index >= 15 is 0 Å². The Kier molecular flexibility index (Phi) is 3.22. The molecule has 2 heterocycles. The molecule has 0 aliphatic rings. The molecule has 0 radical (unpaired) electrons. The van der Waals surface area contributed by atoms with Crippen LogP contribution in [0.1, 0.15) is 10.5 Å². The van der Waals surface area contributed by atoms with E-state index in [1.165, 1.54) is 0 Å². The van der Waals surface area contributed by atoms with Crippen molar-refractivity contribution in [1.29, 1.82) is 0 Å². The lowest BCUT2D eigenvalue weighted by Crippen LogP contribution is -2.13. The first kappa shape index (κ1) is 14.7. The third kappa shape index (κ3) is 2.40. The minimum atomic E-state index is -0.244. The first-order valence-electron chi connectivity index (χ1n) is 8.36. The van der Waals surface area contributed by atoms with E-state index < -0.39 is 0 Å². The normalized spacial score (nSPS) is 11.2. The van der Waals surface area contributed by atoms with Gasteiger partial charge in [-0.3, -0.25) is 4.79 Å². The zero-order valence-electron chi connectivity index (χ0n) is 13.8. The second-order valence-electron chi connectivity index (χ2n) is 6.15. The number of hydrogen-bond acceptors (Lipinski definition) is 3. The highest BCUT2D eigenvalue weighted by molar-refractivity contribution is 6.08. The molecule has 0 atom stereocenters. The van der Waals surface area contributed by atoms with Crippen molar-refractivity contribution in [2.24, 2.45) is 0 Å². The monoisotopic (exact) mass is 338 g/mol. The highest BCUT2D eigenvalue weighted by atomic mass is 16.3. The molecule has 0 fully saturated rings. The maximum absolute atomic E-state index is 12.6. The Morgan fingerprint density at radius 3 is 2.58 bits per heavy atom. The topological polar surface area (TPSA) is 55.1 Å². The van der Waals surface area contributed by atoms with Crippen LogP contribution in [0.4, 0.5) is 5.69 Å². The van der Waals surface area contributed by atoms with Crippen LogP contribution < -0.4 is 5.32 Å². The van der Waals surface area contributed by atoms with Gasteiger partial charge in [0.2, 0.25) is 0 Å². The summed E-state index contributed by atoms with van der Waals surface area (Å²) >= 11 is 0. The SMILES string of the molecule is O=C(Nc1ccc2c(c1)oc1ccccc12)c1ccc2ccccc2n1. The molecule has 26 heavy (non-hydrogen) atoms. The first-order valence-corrected chi connectivity index (χ1v) is 8.36. The second-order valence-corrected chi connectivity index (χ2v) is 6.15. The fourth-order valence-corrected chi connectivity index (χ4v) is 3.19. The summed E-state index contributed by atoms with van der Waals surface area (Å²) in [4.78, 5) is 17.0. The Balaban J connectivity index is 1.49. The van der Waals surface area contributed by atoms with Crippen LogP contribution in [0.2, 0.25) is 0 Å². The van der Waals surface area contributed by atoms with E-state index in [2.05, 4.69) is 10.3 Å². The molecular formula is C22H14N2O2. The molecule has 1 N–H and O–H groups in total. The Bertz CT molecular complexity index is 1290. The molecular weight excluding hydrogens is 324 g/mol. The predicted octanol–water partition coefficient (Wildman–Crippen LogP) is 5.39. The first-order chi connectivity index (χ1) is 12.8. The number of nitrogens with zero attached hydrogens (tertiary/aromatic N) is 1. The van der Waals surface area contributed by atoms with E-state index in [9.17, 15) is 4.79 Å². The number of rotatable bonds is 2. The second kappa shape index (κ2) is 5.70. The number of hydrogen-bond donors (Lipinski definition) is 1. The van der Waals surface area contributed by atoms with Crippen molar-refractivity contribution < 1.29 is 9.21 Å². The summed E-state index contributed by atoms with van der Waals surface area (Å²) in [7, 11) is 0. The molecule has 0 bridgehead atoms. The number of carbonyl (C=O) groups excluding carboxylic acids is 1. The van der Waals surface area contributed by atoms with Gasteiger partial charge in [0.05, 0.1) is 5.52 Å². The van der Waals surface area contributed by atoms with Gasteiger partial charge in [0.1, 0.15) is 16.9 Å². The number of nitrogens with one attached hydrogen (secondary N) is 1. The van der Waals surface area contributed by atoms with Gasteiger partial charge in [-0.25, -0.2) is 4.98 Å². The molecule has 3 aromatic carbocycles. The molecule has 0 saturated heterocycles. The number of furan rings is 1. The minimum Gasteiger partial charge on any atom is -0.456 e. The van der Waals surface area contributed by atoms with Gasteiger partial charge in [-0.05, 0) is 30.3 Å². The van der Waals surface area contributed by atoms with Gasteiger partial charge < -0.3 is 9.73 Å². The number of pyridine rings is 1. The van der Waals surface area contributed by atoms with Crippen LogP contribution in [0, 0.1) is 0 Å². The average Bonchev–Trinajstić information content (AvgIpc) is 3.05. The van der Waals surface area contributed by atoms with Gasteiger partial charge in [0.15, 0.2) is 0 Å². The van der Waals surface area contributed by atoms with Crippen molar-refractivity contribution in [1.82, 2.24) is 4.98 Å². The summed E-state index contributed by atoms with van der Waals surface area (Å²) in [5, 5.41) is 6.00. The Morgan fingerprint density at radius 2 is 1.62 bits per heavy atom. The Labute approximate surface area is 149 Å². The molecule has 124 valence electrons. The van der Waals surface area contributed by atoms with Crippen LogP contribution in [0.15, 0.2) is 83.3 Å². The smallest absolute Gasteiger partial charge is 0.274 e. The average molecular weight is 338 g/mol. The van der Waals surface area contributed by atoms with Gasteiger partial charge in [0.25, 0.3) is 5.91 Å². The molecule has 0 saturated carbocycles. The molecule has 4 heteroatoms. The fourth-order valence-electron chi connectivity index (χ4n) is 3.19. The van der Waals surface area contributed by atoms with Crippen molar-refractivity contribution in [3.05, 3.63) is 84.6 Å². The van der Waals surface area contributed by atoms with Crippen molar-refractivity contribution >= 4 is 44.4 Å². The Morgan fingerprint density at radius 1 is 0.808 bits per heavy atom. The molecule has 0 unspecified atom stereocenters. The summed E-state index contributed by atoms with van der Waals surface area (Å²) in [5.74, 6) is -0.244. The quantitative estimate of drug-likeness (QED) is 0.470. The van der Waals surface area contributed by atoms with Crippen LogP contribution in [-0.2, 0) is 0 Å². The van der Waals surface area contributed by atoms with Crippen molar-refractivity contribution in [2.45, 2.75) is 0 Å². The standard InChI is InChI=1S/C22H14N2O2/c25-22(19-12-9-14-5-1-3-7-18(14)24-19)23-15-10-11-17-16-6-2-4-8-20(16)26-21(17)13-15/h1-13H,(H,23,25). The van der Waals surface area contributed by atoms with Gasteiger partial charge in [-0.15, -0.1) is 0 Å². The lowest BCUT2D eigenvalue weighted by molar-refractivity contribution is 0.102. The van der Waals surface area contributed by atoms with Crippen LogP contribution in [0.5, 0.6) is 0 Å². The van der Waals surface area contributed by atoms with E-state index in [1.807, 2.05) is 72.8 Å². The molecule has 0 aliphatic carbocycles. The highest BCUT2D eigenvalue weighted by Gasteiger charge is 2.11. The number of aromatic nitrogens is 1. The minimum absolute atomic E-state index is 0.244. The van der Waals surface area contributed by atoms with E-state index in [0.29, 0.717) is 11.4 Å². The molecule has 0 aliphatic heterocycles. The van der Waals surface area contributed by atoms with E-state index in [0.717, 1.165) is 32.8 Å². The zero-order chi connectivity index (χ0) is 17.5. The highest BCUT2D eigenvalue weighted by Crippen LogP contribution is 2.30. The molecule has 5 aromatic rings. The van der Waals surface area contributed by atoms with Gasteiger partial charge in [-0.1, -0.05) is 42.5 Å². The third-order valence-corrected chi connectivity index (χ3v) is 4.47. The number of fused-ring (bicyclic) bond motifs is 4. The van der Waals surface area contributed by atoms with Crippen LogP contribution >= 0.6 is 0 Å². The third-order valence-electron chi connectivity index (χ3n) is 4.47. The van der Waals surface area contributed by atoms with Gasteiger partial charge in [0, 0.05) is 27.9 Å². The zero-order valence-corrected chi connectivity index (χ0v) is 13.8. The van der Waals surface area contributed by atoms with Gasteiger partial charge in [-0.2, -0.15) is 0 Å². The largest absolute Gasteiger partial charge is 0.456 e. The number of amides is 1. The fraction of sp³-hybridized carbons (Fsp3) is 0. The lowest BCUT2D eigenvalue weighted by atomic mass is 10.1. The molecule has 2 aromatic heterocycles. The Hall–Kier alpha value is -3.66. The summed E-state index contributed by atoms with van der Waals surface area (Å²) in [6, 6.07) is 24.9.